The molecular formula is C15H20N4. The molecule has 3 heterocycles. The maximum absolute atomic E-state index is 4.51. The predicted octanol–water partition coefficient (Wildman–Crippen LogP) is 2.42. The number of aromatic nitrogens is 3. The second kappa shape index (κ2) is 5.53. The van der Waals surface area contributed by atoms with E-state index in [4.69, 9.17) is 0 Å². The van der Waals surface area contributed by atoms with Crippen LogP contribution in [-0.2, 0) is 6.54 Å². The molecule has 1 aliphatic rings. The fraction of sp³-hybridized carbons (Fsp3) is 0.467. The van der Waals surface area contributed by atoms with E-state index in [1.54, 1.807) is 0 Å². The van der Waals surface area contributed by atoms with Gasteiger partial charge in [0.25, 0.3) is 0 Å². The van der Waals surface area contributed by atoms with Crippen molar-refractivity contribution in [2.45, 2.75) is 32.4 Å². The quantitative estimate of drug-likeness (QED) is 0.842. The number of nitrogens with zero attached hydrogens (tertiary/aromatic N) is 4. The SMILES string of the molecule is Cc1nccn1CCN1CCC[C@@H]1c1ccccn1. The number of pyridine rings is 1. The lowest BCUT2D eigenvalue weighted by molar-refractivity contribution is 0.242. The van der Waals surface area contributed by atoms with E-state index in [-0.39, 0.29) is 0 Å². The largest absolute Gasteiger partial charge is 0.334 e. The number of hydrogen-bond acceptors (Lipinski definition) is 3. The molecule has 19 heavy (non-hydrogen) atoms. The zero-order chi connectivity index (χ0) is 13.1. The highest BCUT2D eigenvalue weighted by molar-refractivity contribution is 5.10. The Bertz CT molecular complexity index is 520. The normalized spacial score (nSPS) is 19.9. The molecular weight excluding hydrogens is 236 g/mol. The molecule has 1 atom stereocenters. The monoisotopic (exact) mass is 256 g/mol. The smallest absolute Gasteiger partial charge is 0.105 e. The number of likely N-dealkylation sites (tertiary alicyclic amines) is 1. The van der Waals surface area contributed by atoms with Crippen LogP contribution in [0.15, 0.2) is 36.8 Å². The summed E-state index contributed by atoms with van der Waals surface area (Å²) < 4.78 is 2.22. The van der Waals surface area contributed by atoms with Crippen LogP contribution in [0.1, 0.15) is 30.4 Å². The molecule has 1 fully saturated rings. The maximum Gasteiger partial charge on any atom is 0.105 e. The number of aryl methyl sites for hydroxylation is 1. The van der Waals surface area contributed by atoms with E-state index in [1.807, 2.05) is 18.5 Å². The molecule has 3 rings (SSSR count). The fourth-order valence-electron chi connectivity index (χ4n) is 2.88. The predicted molar refractivity (Wildman–Crippen MR) is 74.7 cm³/mol. The molecule has 1 aliphatic heterocycles. The molecule has 0 unspecified atom stereocenters. The first-order valence-corrected chi connectivity index (χ1v) is 6.97. The second-order valence-corrected chi connectivity index (χ2v) is 5.12. The molecule has 0 radical (unpaired) electrons. The fourth-order valence-corrected chi connectivity index (χ4v) is 2.88. The number of imidazole rings is 1. The molecule has 2 aromatic heterocycles. The van der Waals surface area contributed by atoms with Gasteiger partial charge in [-0.2, -0.15) is 0 Å². The summed E-state index contributed by atoms with van der Waals surface area (Å²) in [5.74, 6) is 1.09. The van der Waals surface area contributed by atoms with E-state index >= 15 is 0 Å². The summed E-state index contributed by atoms with van der Waals surface area (Å²) in [5, 5.41) is 0. The van der Waals surface area contributed by atoms with E-state index in [0.29, 0.717) is 6.04 Å². The molecule has 0 N–H and O–H groups in total. The van der Waals surface area contributed by atoms with E-state index in [1.165, 1.54) is 25.1 Å². The van der Waals surface area contributed by atoms with Crippen LogP contribution in [0, 0.1) is 6.92 Å². The average molecular weight is 256 g/mol. The van der Waals surface area contributed by atoms with Crippen molar-refractivity contribution in [2.24, 2.45) is 0 Å². The summed E-state index contributed by atoms with van der Waals surface area (Å²) in [5.41, 5.74) is 1.21. The van der Waals surface area contributed by atoms with Crippen LogP contribution in [0.25, 0.3) is 0 Å². The summed E-state index contributed by atoms with van der Waals surface area (Å²) in [6.45, 7) is 5.31. The third-order valence-corrected chi connectivity index (χ3v) is 3.94. The summed E-state index contributed by atoms with van der Waals surface area (Å²) in [6, 6.07) is 6.70. The van der Waals surface area contributed by atoms with E-state index in [2.05, 4.69) is 44.7 Å². The van der Waals surface area contributed by atoms with Gasteiger partial charge in [-0.3, -0.25) is 9.88 Å². The molecule has 0 bridgehead atoms. The van der Waals surface area contributed by atoms with Crippen LogP contribution in [0.5, 0.6) is 0 Å². The Morgan fingerprint density at radius 1 is 1.21 bits per heavy atom. The zero-order valence-electron chi connectivity index (χ0n) is 11.4. The highest BCUT2D eigenvalue weighted by Crippen LogP contribution is 2.30. The Kier molecular flexibility index (Phi) is 3.60. The van der Waals surface area contributed by atoms with Gasteiger partial charge in [0.05, 0.1) is 11.7 Å². The lowest BCUT2D eigenvalue weighted by atomic mass is 10.1. The first-order chi connectivity index (χ1) is 9.34. The zero-order valence-corrected chi connectivity index (χ0v) is 11.4. The summed E-state index contributed by atoms with van der Waals surface area (Å²) >= 11 is 0. The molecule has 0 spiro atoms. The second-order valence-electron chi connectivity index (χ2n) is 5.12. The first-order valence-electron chi connectivity index (χ1n) is 6.97. The molecule has 100 valence electrons. The van der Waals surface area contributed by atoms with Crippen molar-refractivity contribution in [1.82, 2.24) is 19.4 Å². The van der Waals surface area contributed by atoms with Crippen molar-refractivity contribution >= 4 is 0 Å². The van der Waals surface area contributed by atoms with Crippen molar-refractivity contribution in [3.8, 4) is 0 Å². The third-order valence-electron chi connectivity index (χ3n) is 3.94. The minimum absolute atomic E-state index is 0.491. The number of hydrogen-bond donors (Lipinski definition) is 0. The minimum atomic E-state index is 0.491. The standard InChI is InChI=1S/C15H20N4/c1-13-16-8-10-18(13)11-12-19-9-4-6-15(19)14-5-2-3-7-17-14/h2-3,5,7-8,10,15H,4,6,9,11-12H2,1H3/t15-/m1/s1. The van der Waals surface area contributed by atoms with E-state index in [9.17, 15) is 0 Å². The van der Waals surface area contributed by atoms with Crippen molar-refractivity contribution in [1.29, 1.82) is 0 Å². The highest BCUT2D eigenvalue weighted by atomic mass is 15.2. The van der Waals surface area contributed by atoms with Gasteiger partial charge < -0.3 is 4.57 Å². The van der Waals surface area contributed by atoms with Crippen molar-refractivity contribution < 1.29 is 0 Å². The molecule has 0 saturated carbocycles. The lowest BCUT2D eigenvalue weighted by Crippen LogP contribution is -2.27. The first kappa shape index (κ1) is 12.4. The van der Waals surface area contributed by atoms with Crippen LogP contribution in [-0.4, -0.2) is 32.5 Å². The van der Waals surface area contributed by atoms with Crippen LogP contribution >= 0.6 is 0 Å². The summed E-state index contributed by atoms with van der Waals surface area (Å²) in [4.78, 5) is 11.3. The van der Waals surface area contributed by atoms with Gasteiger partial charge in [-0.05, 0) is 38.4 Å². The molecule has 4 heteroatoms. The summed E-state index contributed by atoms with van der Waals surface area (Å²) in [7, 11) is 0. The van der Waals surface area contributed by atoms with Gasteiger partial charge in [-0.25, -0.2) is 4.98 Å². The summed E-state index contributed by atoms with van der Waals surface area (Å²) in [6.07, 6.45) is 8.31. The molecule has 0 aliphatic carbocycles. The molecule has 1 saturated heterocycles. The van der Waals surface area contributed by atoms with E-state index in [0.717, 1.165) is 18.9 Å². The highest BCUT2D eigenvalue weighted by Gasteiger charge is 2.26. The molecule has 0 amide bonds. The Balaban J connectivity index is 1.66. The average Bonchev–Trinajstić information content (AvgIpc) is 3.06. The van der Waals surface area contributed by atoms with Gasteiger partial charge >= 0.3 is 0 Å². The molecule has 4 nitrogen and oxygen atoms in total. The van der Waals surface area contributed by atoms with Gasteiger partial charge in [-0.1, -0.05) is 6.07 Å². The Morgan fingerprint density at radius 2 is 2.16 bits per heavy atom. The van der Waals surface area contributed by atoms with Crippen LogP contribution in [0.4, 0.5) is 0 Å². The van der Waals surface area contributed by atoms with Crippen molar-refractivity contribution in [2.75, 3.05) is 13.1 Å². The lowest BCUT2D eigenvalue weighted by Gasteiger charge is -2.24. The van der Waals surface area contributed by atoms with Crippen molar-refractivity contribution in [3.63, 3.8) is 0 Å². The number of rotatable bonds is 4. The van der Waals surface area contributed by atoms with Gasteiger partial charge in [0, 0.05) is 31.7 Å². The van der Waals surface area contributed by atoms with Gasteiger partial charge in [0.1, 0.15) is 5.82 Å². The van der Waals surface area contributed by atoms with Crippen LogP contribution in [0.2, 0.25) is 0 Å². The maximum atomic E-state index is 4.51. The van der Waals surface area contributed by atoms with Gasteiger partial charge in [0.15, 0.2) is 0 Å². The Labute approximate surface area is 114 Å². The Morgan fingerprint density at radius 3 is 2.89 bits per heavy atom. The third kappa shape index (κ3) is 2.68. The van der Waals surface area contributed by atoms with Gasteiger partial charge in [0.2, 0.25) is 0 Å². The van der Waals surface area contributed by atoms with Crippen molar-refractivity contribution in [3.05, 3.63) is 48.3 Å². The van der Waals surface area contributed by atoms with Crippen LogP contribution < -0.4 is 0 Å². The molecule has 2 aromatic rings. The minimum Gasteiger partial charge on any atom is -0.334 e. The van der Waals surface area contributed by atoms with E-state index < -0.39 is 0 Å². The Hall–Kier alpha value is -1.68. The molecule has 0 aromatic carbocycles. The van der Waals surface area contributed by atoms with Crippen LogP contribution in [0.3, 0.4) is 0 Å². The van der Waals surface area contributed by atoms with Gasteiger partial charge in [-0.15, -0.1) is 0 Å². The topological polar surface area (TPSA) is 34.0 Å².